The van der Waals surface area contributed by atoms with E-state index < -0.39 is 16.4 Å². The highest BCUT2D eigenvalue weighted by Gasteiger charge is 2.45. The summed E-state index contributed by atoms with van der Waals surface area (Å²) in [5.74, 6) is 0.0608. The number of halogens is 2. The lowest BCUT2D eigenvalue weighted by atomic mass is 9.69. The number of nitrogens with zero attached hydrogens (tertiary/aromatic N) is 3. The van der Waals surface area contributed by atoms with Crippen LogP contribution in [0.15, 0.2) is 83.9 Å². The Morgan fingerprint density at radius 1 is 1.11 bits per heavy atom. The van der Waals surface area contributed by atoms with Gasteiger partial charge in [0.25, 0.3) is 5.56 Å². The molecule has 5 rings (SSSR count). The maximum Gasteiger partial charge on any atom is 0.265 e. The molecule has 37 heavy (non-hydrogen) atoms. The van der Waals surface area contributed by atoms with Crippen LogP contribution in [-0.4, -0.2) is 39.4 Å². The standard InChI is InChI=1S/C28H19Cl2N3O4/c1-37-26-23(16-35)31-14-24(32-26)28(11-4-6-21(25(28)30)20-5-2-3-7-22(20)29)18-10-12-33-19(13-18)9-8-17(15-34)27(33)36/h2-16,25H,1H3. The summed E-state index contributed by atoms with van der Waals surface area (Å²) in [6.45, 7) is 0. The summed E-state index contributed by atoms with van der Waals surface area (Å²) in [5, 5.41) is -0.183. The molecule has 184 valence electrons. The molecule has 0 saturated carbocycles. The average molecular weight is 532 g/mol. The van der Waals surface area contributed by atoms with Crippen molar-refractivity contribution in [3.8, 4) is 5.88 Å². The first-order valence-electron chi connectivity index (χ1n) is 11.2. The normalized spacial score (nSPS) is 18.9. The molecule has 0 spiro atoms. The maximum absolute atomic E-state index is 12.7. The summed E-state index contributed by atoms with van der Waals surface area (Å²) < 4.78 is 6.73. The summed E-state index contributed by atoms with van der Waals surface area (Å²) in [6.07, 6.45) is 9.84. The van der Waals surface area contributed by atoms with Gasteiger partial charge in [0.15, 0.2) is 18.3 Å². The van der Waals surface area contributed by atoms with Gasteiger partial charge in [-0.2, -0.15) is 0 Å². The van der Waals surface area contributed by atoms with Crippen LogP contribution in [-0.2, 0) is 5.41 Å². The number of fused-ring (bicyclic) bond motifs is 1. The number of allylic oxidation sites excluding steroid dienone is 4. The first-order chi connectivity index (χ1) is 17.9. The van der Waals surface area contributed by atoms with Crippen molar-refractivity contribution in [2.24, 2.45) is 0 Å². The zero-order valence-corrected chi connectivity index (χ0v) is 21.0. The van der Waals surface area contributed by atoms with Gasteiger partial charge in [0.2, 0.25) is 5.88 Å². The Balaban J connectivity index is 1.79. The number of ether oxygens (including phenoxy) is 1. The van der Waals surface area contributed by atoms with Gasteiger partial charge in [-0.1, -0.05) is 48.0 Å². The quantitative estimate of drug-likeness (QED) is 0.259. The highest BCUT2D eigenvalue weighted by Crippen LogP contribution is 2.48. The molecule has 1 aliphatic rings. The number of alkyl halides is 1. The first kappa shape index (κ1) is 24.6. The van der Waals surface area contributed by atoms with Crippen molar-refractivity contribution < 1.29 is 14.3 Å². The molecule has 4 aromatic rings. The third kappa shape index (κ3) is 3.97. The minimum absolute atomic E-state index is 0.0525. The van der Waals surface area contributed by atoms with Crippen molar-refractivity contribution >= 4 is 46.9 Å². The molecule has 1 aliphatic carbocycles. The van der Waals surface area contributed by atoms with Gasteiger partial charge in [0.1, 0.15) is 0 Å². The predicted molar refractivity (Wildman–Crippen MR) is 142 cm³/mol. The van der Waals surface area contributed by atoms with Crippen LogP contribution in [0, 0.1) is 0 Å². The highest BCUT2D eigenvalue weighted by molar-refractivity contribution is 6.34. The van der Waals surface area contributed by atoms with Crippen LogP contribution in [0.1, 0.15) is 37.7 Å². The van der Waals surface area contributed by atoms with E-state index >= 15 is 0 Å². The zero-order valence-electron chi connectivity index (χ0n) is 19.5. The summed E-state index contributed by atoms with van der Waals surface area (Å²) in [7, 11) is 1.41. The Bertz CT molecular complexity index is 1680. The van der Waals surface area contributed by atoms with Crippen LogP contribution in [0.2, 0.25) is 5.02 Å². The van der Waals surface area contributed by atoms with E-state index in [2.05, 4.69) is 9.97 Å². The number of carbonyl (C=O) groups excluding carboxylic acids is 2. The topological polar surface area (TPSA) is 90.6 Å². The predicted octanol–water partition coefficient (Wildman–Crippen LogP) is 4.92. The van der Waals surface area contributed by atoms with Crippen LogP contribution in [0.4, 0.5) is 0 Å². The highest BCUT2D eigenvalue weighted by atomic mass is 35.5. The van der Waals surface area contributed by atoms with Crippen molar-refractivity contribution in [1.82, 2.24) is 14.4 Å². The van der Waals surface area contributed by atoms with E-state index in [0.717, 1.165) is 11.1 Å². The molecule has 3 heterocycles. The summed E-state index contributed by atoms with van der Waals surface area (Å²) in [6, 6.07) is 14.1. The Kier molecular flexibility index (Phi) is 6.50. The molecule has 9 heteroatoms. The van der Waals surface area contributed by atoms with Crippen LogP contribution < -0.4 is 10.3 Å². The van der Waals surface area contributed by atoms with E-state index in [1.165, 1.54) is 23.8 Å². The summed E-state index contributed by atoms with van der Waals surface area (Å²) in [4.78, 5) is 44.4. The molecule has 0 amide bonds. The minimum atomic E-state index is -1.09. The summed E-state index contributed by atoms with van der Waals surface area (Å²) in [5.41, 5.74) is 1.80. The number of hydrogen-bond donors (Lipinski definition) is 0. The monoisotopic (exact) mass is 531 g/mol. The van der Waals surface area contributed by atoms with Crippen molar-refractivity contribution in [2.45, 2.75) is 10.8 Å². The van der Waals surface area contributed by atoms with Crippen molar-refractivity contribution in [2.75, 3.05) is 7.11 Å². The third-order valence-electron chi connectivity index (χ3n) is 6.48. The Labute approximate surface area is 221 Å². The molecular formula is C28H19Cl2N3O4. The smallest absolute Gasteiger partial charge is 0.265 e. The van der Waals surface area contributed by atoms with E-state index in [1.54, 1.807) is 24.4 Å². The molecule has 2 unspecified atom stereocenters. The Morgan fingerprint density at radius 2 is 1.92 bits per heavy atom. The fourth-order valence-corrected chi connectivity index (χ4v) is 5.37. The van der Waals surface area contributed by atoms with Crippen molar-refractivity contribution in [3.63, 3.8) is 0 Å². The Hall–Kier alpha value is -4.07. The second-order valence-corrected chi connectivity index (χ2v) is 9.23. The largest absolute Gasteiger partial charge is 0.479 e. The molecule has 0 radical (unpaired) electrons. The number of carbonyl (C=O) groups is 2. The van der Waals surface area contributed by atoms with Gasteiger partial charge in [-0.3, -0.25) is 18.8 Å². The first-order valence-corrected chi connectivity index (χ1v) is 12.0. The molecule has 1 aromatic carbocycles. The van der Waals surface area contributed by atoms with Crippen molar-refractivity contribution in [3.05, 3.63) is 123 Å². The van der Waals surface area contributed by atoms with E-state index in [0.29, 0.717) is 34.4 Å². The van der Waals surface area contributed by atoms with Crippen LogP contribution in [0.5, 0.6) is 5.88 Å². The molecule has 2 atom stereocenters. The number of pyridine rings is 2. The molecule has 0 bridgehead atoms. The van der Waals surface area contributed by atoms with Crippen LogP contribution in [0.25, 0.3) is 11.1 Å². The maximum atomic E-state index is 12.7. The number of rotatable bonds is 6. The van der Waals surface area contributed by atoms with Gasteiger partial charge in [-0.15, -0.1) is 11.6 Å². The fraction of sp³-hybridized carbons (Fsp3) is 0.107. The molecular weight excluding hydrogens is 513 g/mol. The minimum Gasteiger partial charge on any atom is -0.479 e. The Morgan fingerprint density at radius 3 is 2.65 bits per heavy atom. The number of aldehydes is 2. The van der Waals surface area contributed by atoms with Gasteiger partial charge < -0.3 is 4.74 Å². The van der Waals surface area contributed by atoms with E-state index in [-0.39, 0.29) is 17.1 Å². The SMILES string of the molecule is COc1nc(C2(c3ccn4c(=O)c(C=O)ccc4c3)C=CC=C(c3ccccc3Cl)C2Cl)cnc1C=O. The molecule has 0 N–H and O–H groups in total. The summed E-state index contributed by atoms with van der Waals surface area (Å²) >= 11 is 13.9. The molecule has 7 nitrogen and oxygen atoms in total. The molecule has 0 saturated heterocycles. The van der Waals surface area contributed by atoms with Gasteiger partial charge >= 0.3 is 0 Å². The van der Waals surface area contributed by atoms with Crippen LogP contribution >= 0.6 is 23.2 Å². The number of methoxy groups -OCH3 is 1. The number of hydrogen-bond acceptors (Lipinski definition) is 6. The van der Waals surface area contributed by atoms with Gasteiger partial charge in [0, 0.05) is 16.7 Å². The van der Waals surface area contributed by atoms with Gasteiger partial charge in [-0.05, 0) is 47.0 Å². The van der Waals surface area contributed by atoms with E-state index in [9.17, 15) is 14.4 Å². The molecule has 0 fully saturated rings. The lowest BCUT2D eigenvalue weighted by Gasteiger charge is -2.39. The second kappa shape index (κ2) is 9.76. The lowest BCUT2D eigenvalue weighted by Crippen LogP contribution is -2.39. The van der Waals surface area contributed by atoms with Gasteiger partial charge in [0.05, 0.1) is 35.4 Å². The number of benzene rings is 1. The lowest BCUT2D eigenvalue weighted by molar-refractivity contribution is 0.111. The number of aromatic nitrogens is 3. The molecule has 0 aliphatic heterocycles. The van der Waals surface area contributed by atoms with Gasteiger partial charge in [-0.25, -0.2) is 9.97 Å². The average Bonchev–Trinajstić information content (AvgIpc) is 2.93. The van der Waals surface area contributed by atoms with Crippen LogP contribution in [0.3, 0.4) is 0 Å². The molecule has 3 aromatic heterocycles. The van der Waals surface area contributed by atoms with Crippen molar-refractivity contribution in [1.29, 1.82) is 0 Å². The fourth-order valence-electron chi connectivity index (χ4n) is 4.62. The van der Waals surface area contributed by atoms with E-state index in [4.69, 9.17) is 27.9 Å². The third-order valence-corrected chi connectivity index (χ3v) is 7.39. The zero-order chi connectivity index (χ0) is 26.2. The second-order valence-electron chi connectivity index (χ2n) is 8.38. The van der Waals surface area contributed by atoms with E-state index in [1.807, 2.05) is 42.5 Å².